The molecule has 1 aromatic carbocycles. The van der Waals surface area contributed by atoms with Gasteiger partial charge in [-0.05, 0) is 30.7 Å². The number of rotatable bonds is 2. The molecular weight excluding hydrogens is 296 g/mol. The molecule has 3 atom stereocenters. The van der Waals surface area contributed by atoms with Crippen LogP contribution in [0.4, 0.5) is 0 Å². The Hall–Kier alpha value is -2.43. The summed E-state index contributed by atoms with van der Waals surface area (Å²) in [5, 5.41) is 0. The van der Waals surface area contributed by atoms with E-state index in [0.29, 0.717) is 11.5 Å². The Bertz CT molecular complexity index is 748. The maximum atomic E-state index is 12.0. The molecule has 23 heavy (non-hydrogen) atoms. The van der Waals surface area contributed by atoms with Crippen molar-refractivity contribution in [2.75, 3.05) is 13.9 Å². The van der Waals surface area contributed by atoms with E-state index in [1.165, 1.54) is 7.11 Å². The van der Waals surface area contributed by atoms with Gasteiger partial charge in [-0.3, -0.25) is 4.79 Å². The maximum Gasteiger partial charge on any atom is 0.231 e. The van der Waals surface area contributed by atoms with E-state index < -0.39 is 0 Å². The fourth-order valence-electron chi connectivity index (χ4n) is 3.44. The molecule has 1 aromatic rings. The number of methoxy groups -OCH3 is 1. The van der Waals surface area contributed by atoms with Crippen molar-refractivity contribution in [3.05, 3.63) is 47.4 Å². The van der Waals surface area contributed by atoms with Crippen LogP contribution in [0.3, 0.4) is 0 Å². The number of fused-ring (bicyclic) bond motifs is 2. The summed E-state index contributed by atoms with van der Waals surface area (Å²) in [5.74, 6) is 2.54. The fraction of sp³-hybridized carbons (Fsp3) is 0.389. The molecule has 0 amide bonds. The molecule has 120 valence electrons. The summed E-state index contributed by atoms with van der Waals surface area (Å²) in [6.45, 7) is 4.44. The van der Waals surface area contributed by atoms with Crippen molar-refractivity contribution in [3.8, 4) is 11.5 Å². The van der Waals surface area contributed by atoms with E-state index in [1.54, 1.807) is 6.08 Å². The largest absolute Gasteiger partial charge is 0.493 e. The van der Waals surface area contributed by atoms with Crippen molar-refractivity contribution in [2.45, 2.75) is 20.0 Å². The lowest BCUT2D eigenvalue weighted by Gasteiger charge is -2.28. The first-order valence-electron chi connectivity index (χ1n) is 7.62. The smallest absolute Gasteiger partial charge is 0.231 e. The monoisotopic (exact) mass is 314 g/mol. The van der Waals surface area contributed by atoms with Gasteiger partial charge in [0, 0.05) is 12.0 Å². The summed E-state index contributed by atoms with van der Waals surface area (Å²) >= 11 is 0. The summed E-state index contributed by atoms with van der Waals surface area (Å²) in [4.78, 5) is 12.0. The van der Waals surface area contributed by atoms with E-state index in [2.05, 4.69) is 13.8 Å². The van der Waals surface area contributed by atoms with Crippen molar-refractivity contribution < 1.29 is 23.7 Å². The summed E-state index contributed by atoms with van der Waals surface area (Å²) in [5.41, 5.74) is 0.651. The second-order valence-corrected chi connectivity index (χ2v) is 6.31. The predicted molar refractivity (Wildman–Crippen MR) is 81.8 cm³/mol. The van der Waals surface area contributed by atoms with Crippen LogP contribution in [-0.4, -0.2) is 19.7 Å². The third-order valence-electron chi connectivity index (χ3n) is 5.07. The molecule has 1 fully saturated rings. The number of ether oxygens (including phenoxy) is 4. The van der Waals surface area contributed by atoms with Gasteiger partial charge in [-0.25, -0.2) is 0 Å². The van der Waals surface area contributed by atoms with Crippen LogP contribution in [0, 0.1) is 11.3 Å². The van der Waals surface area contributed by atoms with Gasteiger partial charge in [0.2, 0.25) is 12.6 Å². The molecule has 1 saturated heterocycles. The molecule has 2 heterocycles. The van der Waals surface area contributed by atoms with Crippen LogP contribution >= 0.6 is 0 Å². The van der Waals surface area contributed by atoms with E-state index >= 15 is 0 Å². The molecule has 0 radical (unpaired) electrons. The Morgan fingerprint density at radius 3 is 2.83 bits per heavy atom. The molecule has 0 bridgehead atoms. The van der Waals surface area contributed by atoms with Gasteiger partial charge in [-0.15, -0.1) is 0 Å². The highest BCUT2D eigenvalue weighted by Gasteiger charge is 2.50. The van der Waals surface area contributed by atoms with Crippen LogP contribution in [0.2, 0.25) is 0 Å². The predicted octanol–water partition coefficient (Wildman–Crippen LogP) is 3.13. The lowest BCUT2D eigenvalue weighted by atomic mass is 9.72. The number of hydrogen-bond donors (Lipinski definition) is 0. The normalized spacial score (nSPS) is 31.2. The summed E-state index contributed by atoms with van der Waals surface area (Å²) in [7, 11) is 1.52. The van der Waals surface area contributed by atoms with Crippen molar-refractivity contribution in [2.24, 2.45) is 11.3 Å². The van der Waals surface area contributed by atoms with Gasteiger partial charge < -0.3 is 18.9 Å². The lowest BCUT2D eigenvalue weighted by molar-refractivity contribution is -0.114. The first kappa shape index (κ1) is 14.2. The van der Waals surface area contributed by atoms with E-state index in [9.17, 15) is 4.79 Å². The Kier molecular flexibility index (Phi) is 2.95. The summed E-state index contributed by atoms with van der Waals surface area (Å²) in [6, 6.07) is 5.83. The van der Waals surface area contributed by atoms with Crippen molar-refractivity contribution in [1.82, 2.24) is 0 Å². The van der Waals surface area contributed by atoms with Gasteiger partial charge in [-0.2, -0.15) is 0 Å². The second-order valence-electron chi connectivity index (χ2n) is 6.31. The highest BCUT2D eigenvalue weighted by molar-refractivity contribution is 6.04. The van der Waals surface area contributed by atoms with Gasteiger partial charge in [0.25, 0.3) is 0 Å². The molecule has 4 rings (SSSR count). The van der Waals surface area contributed by atoms with Crippen LogP contribution in [0.1, 0.15) is 25.5 Å². The minimum atomic E-state index is -0.361. The molecule has 2 aliphatic heterocycles. The van der Waals surface area contributed by atoms with Crippen LogP contribution < -0.4 is 9.47 Å². The maximum absolute atomic E-state index is 12.0. The van der Waals surface area contributed by atoms with Gasteiger partial charge >= 0.3 is 0 Å². The van der Waals surface area contributed by atoms with Crippen LogP contribution in [-0.2, 0) is 14.3 Å². The number of benzene rings is 1. The van der Waals surface area contributed by atoms with E-state index in [-0.39, 0.29) is 30.0 Å². The number of hydrogen-bond acceptors (Lipinski definition) is 5. The molecule has 0 N–H and O–H groups in total. The zero-order chi connectivity index (χ0) is 16.2. The highest BCUT2D eigenvalue weighted by Crippen LogP contribution is 2.55. The average molecular weight is 314 g/mol. The Labute approximate surface area is 134 Å². The number of allylic oxidation sites excluding steroid dienone is 2. The lowest BCUT2D eigenvalue weighted by Crippen LogP contribution is -2.26. The first-order chi connectivity index (χ1) is 11.0. The molecule has 0 unspecified atom stereocenters. The van der Waals surface area contributed by atoms with Gasteiger partial charge in [0.15, 0.2) is 17.3 Å². The SMILES string of the molecule is COC1=C[C@]2(C)C(=CC1=O)O[C@H](c1ccc3c(c1)OCO3)[C@H]2C. The van der Waals surface area contributed by atoms with Gasteiger partial charge in [0.05, 0.1) is 12.5 Å². The van der Waals surface area contributed by atoms with Crippen LogP contribution in [0.25, 0.3) is 0 Å². The molecule has 0 saturated carbocycles. The van der Waals surface area contributed by atoms with Crippen molar-refractivity contribution >= 4 is 5.78 Å². The molecular formula is C18H18O5. The number of carbonyl (C=O) groups is 1. The Morgan fingerprint density at radius 1 is 1.26 bits per heavy atom. The van der Waals surface area contributed by atoms with Gasteiger partial charge in [-0.1, -0.05) is 13.0 Å². The molecule has 3 aliphatic rings. The molecule has 5 heteroatoms. The Balaban J connectivity index is 1.72. The van der Waals surface area contributed by atoms with Gasteiger partial charge in [0.1, 0.15) is 11.9 Å². The van der Waals surface area contributed by atoms with Crippen molar-refractivity contribution in [3.63, 3.8) is 0 Å². The zero-order valence-corrected chi connectivity index (χ0v) is 13.3. The summed E-state index contributed by atoms with van der Waals surface area (Å²) < 4.78 is 22.1. The highest BCUT2D eigenvalue weighted by atomic mass is 16.7. The zero-order valence-electron chi connectivity index (χ0n) is 13.3. The average Bonchev–Trinajstić information content (AvgIpc) is 3.10. The van der Waals surface area contributed by atoms with Crippen LogP contribution in [0.5, 0.6) is 11.5 Å². The molecule has 5 nitrogen and oxygen atoms in total. The minimum absolute atomic E-state index is 0.146. The van der Waals surface area contributed by atoms with Crippen LogP contribution in [0.15, 0.2) is 41.9 Å². The third kappa shape index (κ3) is 1.96. The second kappa shape index (κ2) is 4.78. The number of carbonyl (C=O) groups excluding carboxylic acids is 1. The Morgan fingerprint density at radius 2 is 2.04 bits per heavy atom. The topological polar surface area (TPSA) is 54.0 Å². The molecule has 1 aliphatic carbocycles. The molecule has 0 aromatic heterocycles. The third-order valence-corrected chi connectivity index (χ3v) is 5.07. The fourth-order valence-corrected chi connectivity index (χ4v) is 3.44. The van der Waals surface area contributed by atoms with E-state index in [4.69, 9.17) is 18.9 Å². The minimum Gasteiger partial charge on any atom is -0.493 e. The molecule has 0 spiro atoms. The number of ketones is 1. The quantitative estimate of drug-likeness (QED) is 0.839. The standard InChI is InChI=1S/C18H18O5/c1-10-17(11-4-5-13-14(6-11)22-9-21-13)23-16-7-12(19)15(20-3)8-18(10,16)2/h4-8,10,17H,9H2,1-3H3/t10-,17+,18+/m1/s1. The van der Waals surface area contributed by atoms with E-state index in [1.807, 2.05) is 24.3 Å². The summed E-state index contributed by atoms with van der Waals surface area (Å²) in [6.07, 6.45) is 3.27. The van der Waals surface area contributed by atoms with Crippen molar-refractivity contribution in [1.29, 1.82) is 0 Å². The first-order valence-corrected chi connectivity index (χ1v) is 7.62. The van der Waals surface area contributed by atoms with E-state index in [0.717, 1.165) is 17.1 Å².